The zero-order valence-corrected chi connectivity index (χ0v) is 21.8. The molecule has 1 fully saturated rings. The number of nitrogens with zero attached hydrogens (tertiary/aromatic N) is 2. The Morgan fingerprint density at radius 3 is 2.53 bits per heavy atom. The van der Waals surface area contributed by atoms with Crippen molar-refractivity contribution in [3.63, 3.8) is 0 Å². The lowest BCUT2D eigenvalue weighted by molar-refractivity contribution is -0.133. The van der Waals surface area contributed by atoms with Crippen molar-refractivity contribution in [2.75, 3.05) is 25.9 Å². The minimum Gasteiger partial charge on any atom is -0.444 e. The summed E-state index contributed by atoms with van der Waals surface area (Å²) >= 11 is 6.00. The van der Waals surface area contributed by atoms with Crippen LogP contribution in [0.1, 0.15) is 46.5 Å². The Bertz CT molecular complexity index is 1160. The molecule has 0 aromatic heterocycles. The molecule has 34 heavy (non-hydrogen) atoms. The van der Waals surface area contributed by atoms with Gasteiger partial charge in [-0.25, -0.2) is 13.2 Å². The first-order valence-corrected chi connectivity index (χ1v) is 13.5. The quantitative estimate of drug-likeness (QED) is 0.553. The average molecular weight is 509 g/mol. The van der Waals surface area contributed by atoms with Crippen LogP contribution in [-0.4, -0.2) is 67.8 Å². The molecule has 0 saturated carbocycles. The second kappa shape index (κ2) is 10.5. The second-order valence-electron chi connectivity index (χ2n) is 9.80. The van der Waals surface area contributed by atoms with E-state index in [1.807, 2.05) is 20.8 Å². The maximum atomic E-state index is 12.8. The van der Waals surface area contributed by atoms with Gasteiger partial charge < -0.3 is 14.5 Å². The summed E-state index contributed by atoms with van der Waals surface area (Å²) in [6.07, 6.45) is 1.56. The molecule has 0 spiro atoms. The van der Waals surface area contributed by atoms with Crippen LogP contribution >= 0.6 is 11.6 Å². The highest BCUT2D eigenvalue weighted by Crippen LogP contribution is 2.24. The smallest absolute Gasteiger partial charge is 0.410 e. The van der Waals surface area contributed by atoms with Gasteiger partial charge in [-0.05, 0) is 75.1 Å². The number of halogens is 1. The predicted molar refractivity (Wildman–Crippen MR) is 134 cm³/mol. The van der Waals surface area contributed by atoms with Crippen molar-refractivity contribution in [1.82, 2.24) is 9.80 Å². The predicted octanol–water partition coefficient (Wildman–Crippen LogP) is 4.91. The van der Waals surface area contributed by atoms with E-state index in [9.17, 15) is 18.0 Å². The lowest BCUT2D eigenvalue weighted by atomic mass is 10.0. The number of carbonyl (C=O) groups excluding carboxylic acids is 2. The monoisotopic (exact) mass is 508 g/mol. The Hall–Kier alpha value is -2.32. The van der Waals surface area contributed by atoms with Gasteiger partial charge in [0.05, 0.1) is 10.6 Å². The molecule has 2 aromatic carbocycles. The Labute approximate surface area is 206 Å². The number of rotatable bonds is 6. The first kappa shape index (κ1) is 26.3. The number of likely N-dealkylation sites (N-methyl/N-ethyl adjacent to an activating group) is 1. The molecule has 1 heterocycles. The second-order valence-corrected chi connectivity index (χ2v) is 12.3. The van der Waals surface area contributed by atoms with E-state index in [2.05, 4.69) is 0 Å². The van der Waals surface area contributed by atoms with Crippen molar-refractivity contribution in [2.24, 2.45) is 0 Å². The summed E-state index contributed by atoms with van der Waals surface area (Å²) in [4.78, 5) is 28.7. The first-order chi connectivity index (χ1) is 15.9. The summed E-state index contributed by atoms with van der Waals surface area (Å²) in [6.45, 7) is 6.48. The summed E-state index contributed by atoms with van der Waals surface area (Å²) in [5.41, 5.74) is -0.574. The van der Waals surface area contributed by atoms with Crippen LogP contribution in [0.5, 0.6) is 0 Å². The molecule has 0 radical (unpaired) electrons. The minimum atomic E-state index is -3.52. The fourth-order valence-corrected chi connectivity index (χ4v) is 5.59. The van der Waals surface area contributed by atoms with Crippen molar-refractivity contribution in [1.29, 1.82) is 0 Å². The average Bonchev–Trinajstić information content (AvgIpc) is 2.76. The SMILES string of the molecule is CN(C(=O)CCCS(=O)(=O)c1ccc2cc(Cl)ccc2c1)C1CCCN(C(=O)OC(C)(C)C)C1. The number of hydrogen-bond acceptors (Lipinski definition) is 5. The molecule has 1 aliphatic rings. The van der Waals surface area contributed by atoms with Gasteiger partial charge in [0.15, 0.2) is 9.84 Å². The number of fused-ring (bicyclic) bond motifs is 1. The molecule has 2 amide bonds. The van der Waals surface area contributed by atoms with Crippen LogP contribution in [0.15, 0.2) is 41.3 Å². The van der Waals surface area contributed by atoms with E-state index < -0.39 is 15.4 Å². The van der Waals surface area contributed by atoms with Crippen LogP contribution in [0.2, 0.25) is 5.02 Å². The Kier molecular flexibility index (Phi) is 8.14. The molecule has 3 rings (SSSR count). The fraction of sp³-hybridized carbons (Fsp3) is 0.520. The number of likely N-dealkylation sites (tertiary alicyclic amines) is 1. The molecule has 0 bridgehead atoms. The van der Waals surface area contributed by atoms with Crippen LogP contribution in [0.25, 0.3) is 10.8 Å². The van der Waals surface area contributed by atoms with Crippen LogP contribution in [0, 0.1) is 0 Å². The molecule has 0 aliphatic carbocycles. The number of amides is 2. The molecular weight excluding hydrogens is 476 g/mol. The molecule has 9 heteroatoms. The van der Waals surface area contributed by atoms with Gasteiger partial charge >= 0.3 is 6.09 Å². The zero-order chi connectivity index (χ0) is 25.1. The molecule has 1 atom stereocenters. The van der Waals surface area contributed by atoms with E-state index in [1.54, 1.807) is 53.2 Å². The highest BCUT2D eigenvalue weighted by Gasteiger charge is 2.31. The first-order valence-electron chi connectivity index (χ1n) is 11.5. The van der Waals surface area contributed by atoms with Gasteiger partial charge in [-0.2, -0.15) is 0 Å². The van der Waals surface area contributed by atoms with Gasteiger partial charge in [-0.15, -0.1) is 0 Å². The van der Waals surface area contributed by atoms with Crippen molar-refractivity contribution >= 4 is 44.2 Å². The Morgan fingerprint density at radius 2 is 1.82 bits per heavy atom. The minimum absolute atomic E-state index is 0.111. The Morgan fingerprint density at radius 1 is 1.15 bits per heavy atom. The number of carbonyl (C=O) groups is 2. The normalized spacial score (nSPS) is 17.0. The fourth-order valence-electron chi connectivity index (χ4n) is 4.06. The molecule has 2 aromatic rings. The number of benzene rings is 2. The van der Waals surface area contributed by atoms with Crippen molar-refractivity contribution in [2.45, 2.75) is 63.0 Å². The van der Waals surface area contributed by atoms with Crippen LogP contribution in [-0.2, 0) is 19.4 Å². The summed E-state index contributed by atoms with van der Waals surface area (Å²) in [5, 5.41) is 2.27. The molecule has 7 nitrogen and oxygen atoms in total. The van der Waals surface area contributed by atoms with E-state index in [0.29, 0.717) is 18.1 Å². The van der Waals surface area contributed by atoms with Crippen LogP contribution in [0.3, 0.4) is 0 Å². The van der Waals surface area contributed by atoms with Gasteiger partial charge in [-0.1, -0.05) is 23.7 Å². The Balaban J connectivity index is 1.54. The molecular formula is C25H33ClN2O5S. The molecule has 186 valence electrons. The van der Waals surface area contributed by atoms with Gasteiger partial charge in [0.1, 0.15) is 5.60 Å². The van der Waals surface area contributed by atoms with Crippen LogP contribution in [0.4, 0.5) is 4.79 Å². The van der Waals surface area contributed by atoms with Crippen molar-refractivity contribution in [3.8, 4) is 0 Å². The number of sulfone groups is 1. The third-order valence-corrected chi connectivity index (χ3v) is 7.96. The molecule has 1 unspecified atom stereocenters. The van der Waals surface area contributed by atoms with E-state index >= 15 is 0 Å². The van der Waals surface area contributed by atoms with Crippen molar-refractivity contribution < 1.29 is 22.7 Å². The molecule has 0 N–H and O–H groups in total. The molecule has 1 aliphatic heterocycles. The highest BCUT2D eigenvalue weighted by atomic mass is 35.5. The largest absolute Gasteiger partial charge is 0.444 e. The van der Waals surface area contributed by atoms with Crippen LogP contribution < -0.4 is 0 Å². The lowest BCUT2D eigenvalue weighted by Gasteiger charge is -2.38. The number of ether oxygens (including phenoxy) is 1. The maximum absolute atomic E-state index is 12.8. The standard InChI is InChI=1S/C25H33ClN2O5S/c1-25(2,3)33-24(30)28-13-5-7-21(17-28)27(4)23(29)8-6-14-34(31,32)22-12-10-18-15-20(26)11-9-19(18)16-22/h9-12,15-16,21H,5-8,13-14,17H2,1-4H3. The van der Waals surface area contributed by atoms with Crippen molar-refractivity contribution in [3.05, 3.63) is 41.4 Å². The van der Waals surface area contributed by atoms with E-state index in [-0.39, 0.29) is 41.5 Å². The highest BCUT2D eigenvalue weighted by molar-refractivity contribution is 7.91. The lowest BCUT2D eigenvalue weighted by Crippen LogP contribution is -2.51. The van der Waals surface area contributed by atoms with E-state index in [0.717, 1.165) is 23.6 Å². The summed E-state index contributed by atoms with van der Waals surface area (Å²) in [5.74, 6) is -0.236. The summed E-state index contributed by atoms with van der Waals surface area (Å²) in [7, 11) is -1.80. The summed E-state index contributed by atoms with van der Waals surface area (Å²) < 4.78 is 31.1. The third-order valence-electron chi connectivity index (χ3n) is 5.93. The molecule has 1 saturated heterocycles. The van der Waals surface area contributed by atoms with Gasteiger partial charge in [0, 0.05) is 37.6 Å². The van der Waals surface area contributed by atoms with Gasteiger partial charge in [0.2, 0.25) is 5.91 Å². The zero-order valence-electron chi connectivity index (χ0n) is 20.2. The number of hydrogen-bond donors (Lipinski definition) is 0. The topological polar surface area (TPSA) is 84.0 Å². The van der Waals surface area contributed by atoms with E-state index in [1.165, 1.54) is 0 Å². The summed E-state index contributed by atoms with van der Waals surface area (Å²) in [6, 6.07) is 10.2. The van der Waals surface area contributed by atoms with Gasteiger partial charge in [-0.3, -0.25) is 4.79 Å². The number of piperidine rings is 1. The van der Waals surface area contributed by atoms with E-state index in [4.69, 9.17) is 16.3 Å². The third kappa shape index (κ3) is 6.85. The van der Waals surface area contributed by atoms with Gasteiger partial charge in [0.25, 0.3) is 0 Å². The maximum Gasteiger partial charge on any atom is 0.410 e.